The number of ether oxygens (including phenoxy) is 1. The van der Waals surface area contributed by atoms with Crippen LogP contribution in [0.2, 0.25) is 0 Å². The molecule has 5 nitrogen and oxygen atoms in total. The number of rotatable bonds is 5. The van der Waals surface area contributed by atoms with Crippen molar-refractivity contribution in [2.24, 2.45) is 5.73 Å². The first-order valence-electron chi connectivity index (χ1n) is 6.16. The van der Waals surface area contributed by atoms with Gasteiger partial charge in [-0.2, -0.15) is 0 Å². The van der Waals surface area contributed by atoms with Gasteiger partial charge in [0.05, 0.1) is 26.8 Å². The fourth-order valence-corrected chi connectivity index (χ4v) is 2.42. The van der Waals surface area contributed by atoms with Crippen LogP contribution >= 0.6 is 12.4 Å². The fraction of sp³-hybridized carbons (Fsp3) is 0.462. The van der Waals surface area contributed by atoms with Crippen LogP contribution in [0.1, 0.15) is 12.7 Å². The molecule has 0 amide bonds. The van der Waals surface area contributed by atoms with E-state index in [1.807, 2.05) is 18.2 Å². The topological polar surface area (TPSA) is 64.3 Å². The van der Waals surface area contributed by atoms with Crippen LogP contribution in [0.25, 0.3) is 11.0 Å². The predicted molar refractivity (Wildman–Crippen MR) is 76.6 cm³/mol. The molecule has 0 aliphatic rings. The van der Waals surface area contributed by atoms with E-state index in [1.54, 1.807) is 7.11 Å². The minimum absolute atomic E-state index is 0. The van der Waals surface area contributed by atoms with Crippen molar-refractivity contribution in [1.29, 1.82) is 0 Å². The first-order valence-corrected chi connectivity index (χ1v) is 6.16. The Morgan fingerprint density at radius 2 is 2.10 bits per heavy atom. The zero-order chi connectivity index (χ0) is 13.1. The summed E-state index contributed by atoms with van der Waals surface area (Å²) in [5.41, 5.74) is 8.00. The van der Waals surface area contributed by atoms with Crippen LogP contribution in [-0.4, -0.2) is 23.4 Å². The lowest BCUT2D eigenvalue weighted by Gasteiger charge is -1.99. The highest BCUT2D eigenvalue weighted by molar-refractivity contribution is 5.85. The largest absolute Gasteiger partial charge is 1.00 e. The highest BCUT2D eigenvalue weighted by Gasteiger charge is 2.22. The summed E-state index contributed by atoms with van der Waals surface area (Å²) in [5, 5.41) is 9.19. The van der Waals surface area contributed by atoms with E-state index in [9.17, 15) is 5.11 Å². The molecule has 0 radical (unpaired) electrons. The molecule has 0 bridgehead atoms. The third kappa shape index (κ3) is 3.25. The summed E-state index contributed by atoms with van der Waals surface area (Å²) in [6.45, 7) is 4.04. The van der Waals surface area contributed by atoms with Crippen molar-refractivity contribution in [3.8, 4) is 5.75 Å². The molecule has 1 aromatic carbocycles. The molecule has 20 heavy (non-hydrogen) atoms. The van der Waals surface area contributed by atoms with Gasteiger partial charge in [-0.05, 0) is 19.1 Å². The van der Waals surface area contributed by atoms with Crippen LogP contribution in [0, 0.1) is 0 Å². The van der Waals surface area contributed by atoms with Gasteiger partial charge in [0.25, 0.3) is 5.82 Å². The minimum atomic E-state index is 0. The molecule has 7 heteroatoms. The van der Waals surface area contributed by atoms with Gasteiger partial charge in [0.2, 0.25) is 0 Å². The fourth-order valence-electron chi connectivity index (χ4n) is 2.42. The molecule has 0 saturated heterocycles. The van der Waals surface area contributed by atoms with E-state index in [0.29, 0.717) is 13.1 Å². The van der Waals surface area contributed by atoms with Gasteiger partial charge in [0.15, 0.2) is 11.0 Å². The Labute approximate surface area is 135 Å². The van der Waals surface area contributed by atoms with Crippen LogP contribution in [0.5, 0.6) is 5.75 Å². The predicted octanol–water partition coefficient (Wildman–Crippen LogP) is -2.17. The second kappa shape index (κ2) is 8.46. The quantitative estimate of drug-likeness (QED) is 0.592. The first kappa shape index (κ1) is 19.2. The highest BCUT2D eigenvalue weighted by atomic mass is 79.9. The van der Waals surface area contributed by atoms with Gasteiger partial charge in [0, 0.05) is 6.07 Å². The van der Waals surface area contributed by atoms with Gasteiger partial charge < -0.3 is 32.6 Å². The maximum atomic E-state index is 9.19. The van der Waals surface area contributed by atoms with Gasteiger partial charge in [-0.1, -0.05) is 0 Å². The number of fused-ring (bicyclic) bond motifs is 1. The van der Waals surface area contributed by atoms with E-state index in [-0.39, 0.29) is 36.0 Å². The summed E-state index contributed by atoms with van der Waals surface area (Å²) in [4.78, 5) is 0. The van der Waals surface area contributed by atoms with E-state index in [4.69, 9.17) is 10.5 Å². The smallest absolute Gasteiger partial charge is 0.271 e. The number of methoxy groups -OCH3 is 1. The lowest BCUT2D eigenvalue weighted by molar-refractivity contribution is -0.681. The second-order valence-electron chi connectivity index (χ2n) is 4.09. The Morgan fingerprint density at radius 1 is 1.40 bits per heavy atom. The molecule has 0 saturated carbocycles. The van der Waals surface area contributed by atoms with Gasteiger partial charge in [-0.25, -0.2) is 9.13 Å². The Kier molecular flexibility index (Phi) is 8.12. The third-order valence-electron chi connectivity index (χ3n) is 3.21. The third-order valence-corrected chi connectivity index (χ3v) is 3.21. The zero-order valence-electron chi connectivity index (χ0n) is 11.7. The summed E-state index contributed by atoms with van der Waals surface area (Å²) in [6.07, 6.45) is 0. The number of aliphatic hydroxyl groups is 1. The number of aromatic nitrogens is 2. The SMILES string of the molecule is CCn1c(CN)[n+](CCO)c2ccc(OC)cc21.Cl.[Br-]. The van der Waals surface area contributed by atoms with Gasteiger partial charge >= 0.3 is 0 Å². The maximum absolute atomic E-state index is 9.19. The minimum Gasteiger partial charge on any atom is -1.00 e. The van der Waals surface area contributed by atoms with E-state index in [1.165, 1.54) is 0 Å². The molecule has 2 aromatic rings. The average molecular weight is 367 g/mol. The number of benzene rings is 1. The van der Waals surface area contributed by atoms with Gasteiger partial charge in [0.1, 0.15) is 12.3 Å². The van der Waals surface area contributed by atoms with Crippen LogP contribution in [0.15, 0.2) is 18.2 Å². The summed E-state index contributed by atoms with van der Waals surface area (Å²) in [6, 6.07) is 5.94. The highest BCUT2D eigenvalue weighted by Crippen LogP contribution is 2.20. The number of imidazole rings is 1. The molecule has 0 aliphatic heterocycles. The number of aliphatic hydroxyl groups excluding tert-OH is 1. The van der Waals surface area contributed by atoms with E-state index < -0.39 is 0 Å². The standard InChI is InChI=1S/C13H20N3O2.BrH.ClH/c1-3-15-12-8-10(18-2)4-5-11(12)16(6-7-17)13(15)9-14;;/h4-5,8,17H,3,6-7,9,14H2,1-2H3;2*1H/q+1;;/p-1. The Balaban J connectivity index is 0.00000180. The van der Waals surface area contributed by atoms with Crippen LogP contribution in [0.3, 0.4) is 0 Å². The van der Waals surface area contributed by atoms with Crippen molar-refractivity contribution >= 4 is 23.4 Å². The van der Waals surface area contributed by atoms with Gasteiger partial charge in [-0.15, -0.1) is 12.4 Å². The molecule has 0 spiro atoms. The van der Waals surface area contributed by atoms with Crippen molar-refractivity contribution in [1.82, 2.24) is 4.57 Å². The molecule has 0 aliphatic carbocycles. The average Bonchev–Trinajstić information content (AvgIpc) is 2.71. The van der Waals surface area contributed by atoms with Crippen molar-refractivity contribution in [3.63, 3.8) is 0 Å². The molecule has 1 heterocycles. The lowest BCUT2D eigenvalue weighted by Crippen LogP contribution is -3.00. The summed E-state index contributed by atoms with van der Waals surface area (Å²) < 4.78 is 9.49. The van der Waals surface area contributed by atoms with E-state index in [2.05, 4.69) is 16.1 Å². The molecule has 0 fully saturated rings. The zero-order valence-corrected chi connectivity index (χ0v) is 14.1. The summed E-state index contributed by atoms with van der Waals surface area (Å²) >= 11 is 0. The summed E-state index contributed by atoms with van der Waals surface area (Å²) in [7, 11) is 1.66. The van der Waals surface area contributed by atoms with Crippen LogP contribution in [0.4, 0.5) is 0 Å². The first-order chi connectivity index (χ1) is 8.76. The number of hydrogen-bond donors (Lipinski definition) is 2. The molecular weight excluding hydrogens is 346 g/mol. The lowest BCUT2D eigenvalue weighted by atomic mass is 10.3. The molecular formula is C13H21BrClN3O2. The van der Waals surface area contributed by atoms with Crippen molar-refractivity contribution in [3.05, 3.63) is 24.0 Å². The number of aryl methyl sites for hydroxylation is 1. The normalized spacial score (nSPS) is 10.0. The van der Waals surface area contributed by atoms with Crippen molar-refractivity contribution in [2.75, 3.05) is 13.7 Å². The number of nitrogens with two attached hydrogens (primary N) is 1. The Morgan fingerprint density at radius 3 is 2.60 bits per heavy atom. The molecule has 2 rings (SSSR count). The number of nitrogens with zero attached hydrogens (tertiary/aromatic N) is 2. The molecule has 114 valence electrons. The van der Waals surface area contributed by atoms with Gasteiger partial charge in [-0.3, -0.25) is 0 Å². The molecule has 0 atom stereocenters. The number of halogens is 2. The second-order valence-corrected chi connectivity index (χ2v) is 4.09. The maximum Gasteiger partial charge on any atom is 0.271 e. The summed E-state index contributed by atoms with van der Waals surface area (Å²) in [5.74, 6) is 1.85. The molecule has 3 N–H and O–H groups in total. The van der Waals surface area contributed by atoms with E-state index >= 15 is 0 Å². The van der Waals surface area contributed by atoms with Crippen molar-refractivity contribution < 1.29 is 31.4 Å². The Bertz CT molecular complexity index is 560. The molecule has 0 unspecified atom stereocenters. The van der Waals surface area contributed by atoms with Crippen LogP contribution < -0.4 is 32.0 Å². The van der Waals surface area contributed by atoms with Crippen molar-refractivity contribution in [2.45, 2.75) is 26.6 Å². The van der Waals surface area contributed by atoms with E-state index in [0.717, 1.165) is 29.2 Å². The number of hydrogen-bond acceptors (Lipinski definition) is 3. The Hall–Kier alpha value is -0.820. The monoisotopic (exact) mass is 365 g/mol. The molecule has 1 aromatic heterocycles. The van der Waals surface area contributed by atoms with Crippen LogP contribution in [-0.2, 0) is 19.6 Å².